The van der Waals surface area contributed by atoms with Crippen molar-refractivity contribution in [3.63, 3.8) is 0 Å². The maximum atomic E-state index is 5.53. The minimum Gasteiger partial charge on any atom is -0.357 e. The molecule has 5 heteroatoms. The number of nitrogens with zero attached hydrogens (tertiary/aromatic N) is 3. The van der Waals surface area contributed by atoms with Crippen LogP contribution in [0.4, 0.5) is 5.82 Å². The first-order valence-corrected chi connectivity index (χ1v) is 6.92. The molecule has 0 saturated carbocycles. The number of rotatable bonds is 4. The zero-order valence-corrected chi connectivity index (χ0v) is 12.7. The molecule has 1 heterocycles. The lowest BCUT2D eigenvalue weighted by Crippen LogP contribution is -2.25. The molecule has 1 aromatic carbocycles. The summed E-state index contributed by atoms with van der Waals surface area (Å²) in [4.78, 5) is 1.99. The van der Waals surface area contributed by atoms with Crippen LogP contribution >= 0.6 is 15.9 Å². The van der Waals surface area contributed by atoms with Gasteiger partial charge in [0.05, 0.1) is 5.69 Å². The van der Waals surface area contributed by atoms with Gasteiger partial charge in [0.2, 0.25) is 0 Å². The van der Waals surface area contributed by atoms with E-state index >= 15 is 0 Å². The summed E-state index contributed by atoms with van der Waals surface area (Å²) in [6, 6.07) is 10.1. The molecule has 100 valence electrons. The van der Waals surface area contributed by atoms with E-state index in [4.69, 9.17) is 5.73 Å². The van der Waals surface area contributed by atoms with Crippen molar-refractivity contribution in [3.8, 4) is 11.3 Å². The van der Waals surface area contributed by atoms with E-state index in [1.807, 2.05) is 30.1 Å². The van der Waals surface area contributed by atoms with Gasteiger partial charge in [0.1, 0.15) is 0 Å². The van der Waals surface area contributed by atoms with Gasteiger partial charge in [0.25, 0.3) is 0 Å². The van der Waals surface area contributed by atoms with Gasteiger partial charge in [0, 0.05) is 30.2 Å². The fourth-order valence-corrected chi connectivity index (χ4v) is 2.21. The predicted molar refractivity (Wildman–Crippen MR) is 82.2 cm³/mol. The number of nitrogens with two attached hydrogens (primary N) is 1. The van der Waals surface area contributed by atoms with Crippen LogP contribution in [0.2, 0.25) is 0 Å². The molecule has 0 radical (unpaired) electrons. The van der Waals surface area contributed by atoms with E-state index in [-0.39, 0.29) is 0 Å². The van der Waals surface area contributed by atoms with Gasteiger partial charge in [-0.3, -0.25) is 0 Å². The number of anilines is 1. The summed E-state index contributed by atoms with van der Waals surface area (Å²) in [6.45, 7) is 3.44. The van der Waals surface area contributed by atoms with Gasteiger partial charge < -0.3 is 10.6 Å². The van der Waals surface area contributed by atoms with E-state index in [0.717, 1.165) is 28.1 Å². The first-order chi connectivity index (χ1) is 9.11. The van der Waals surface area contributed by atoms with Gasteiger partial charge in [-0.2, -0.15) is 0 Å². The minimum absolute atomic E-state index is 0.602. The van der Waals surface area contributed by atoms with E-state index in [2.05, 4.69) is 45.2 Å². The van der Waals surface area contributed by atoms with Crippen LogP contribution in [-0.4, -0.2) is 30.3 Å². The molecule has 19 heavy (non-hydrogen) atoms. The normalized spacial score (nSPS) is 10.5. The van der Waals surface area contributed by atoms with Gasteiger partial charge in [-0.05, 0) is 36.8 Å². The average molecular weight is 321 g/mol. The monoisotopic (exact) mass is 320 g/mol. The lowest BCUT2D eigenvalue weighted by molar-refractivity contribution is 0.848. The van der Waals surface area contributed by atoms with Crippen molar-refractivity contribution in [1.82, 2.24) is 10.2 Å². The third-order valence-corrected chi connectivity index (χ3v) is 3.47. The molecule has 0 unspecified atom stereocenters. The van der Waals surface area contributed by atoms with E-state index in [1.54, 1.807) is 0 Å². The molecule has 0 saturated heterocycles. The fourth-order valence-electron chi connectivity index (χ4n) is 1.85. The van der Waals surface area contributed by atoms with Crippen LogP contribution in [-0.2, 0) is 0 Å². The van der Waals surface area contributed by atoms with Crippen molar-refractivity contribution >= 4 is 21.7 Å². The van der Waals surface area contributed by atoms with Crippen LogP contribution in [0.5, 0.6) is 0 Å². The molecule has 2 rings (SSSR count). The molecule has 2 N–H and O–H groups in total. The van der Waals surface area contributed by atoms with Crippen molar-refractivity contribution in [2.24, 2.45) is 5.73 Å². The van der Waals surface area contributed by atoms with Crippen molar-refractivity contribution in [1.29, 1.82) is 0 Å². The maximum absolute atomic E-state index is 5.53. The molecule has 1 aromatic heterocycles. The summed E-state index contributed by atoms with van der Waals surface area (Å²) in [7, 11) is 1.96. The van der Waals surface area contributed by atoms with E-state index in [1.165, 1.54) is 5.56 Å². The Balaban J connectivity index is 2.29. The van der Waals surface area contributed by atoms with Crippen molar-refractivity contribution in [2.75, 3.05) is 25.0 Å². The molecule has 0 aliphatic heterocycles. The van der Waals surface area contributed by atoms with Crippen molar-refractivity contribution in [2.45, 2.75) is 6.92 Å². The third-order valence-electron chi connectivity index (χ3n) is 2.98. The second kappa shape index (κ2) is 6.12. The Kier molecular flexibility index (Phi) is 4.50. The molecule has 0 spiro atoms. The number of hydrogen-bond donors (Lipinski definition) is 1. The summed E-state index contributed by atoms with van der Waals surface area (Å²) in [5, 5.41) is 8.55. The smallest absolute Gasteiger partial charge is 0.151 e. The zero-order valence-electron chi connectivity index (χ0n) is 11.1. The number of benzene rings is 1. The highest BCUT2D eigenvalue weighted by atomic mass is 79.9. The largest absolute Gasteiger partial charge is 0.357 e. The first-order valence-electron chi connectivity index (χ1n) is 6.13. The van der Waals surface area contributed by atoms with Gasteiger partial charge in [-0.25, -0.2) is 0 Å². The Labute approximate surface area is 121 Å². The van der Waals surface area contributed by atoms with Crippen molar-refractivity contribution in [3.05, 3.63) is 40.4 Å². The first kappa shape index (κ1) is 14.0. The maximum Gasteiger partial charge on any atom is 0.151 e. The van der Waals surface area contributed by atoms with Crippen LogP contribution in [0.25, 0.3) is 11.3 Å². The summed E-state index contributed by atoms with van der Waals surface area (Å²) in [6.07, 6.45) is 0. The third kappa shape index (κ3) is 3.30. The van der Waals surface area contributed by atoms with Gasteiger partial charge >= 0.3 is 0 Å². The topological polar surface area (TPSA) is 55.0 Å². The minimum atomic E-state index is 0.602. The van der Waals surface area contributed by atoms with Crippen LogP contribution in [0, 0.1) is 6.92 Å². The lowest BCUT2D eigenvalue weighted by Gasteiger charge is -2.16. The highest BCUT2D eigenvalue weighted by Gasteiger charge is 2.07. The zero-order chi connectivity index (χ0) is 13.8. The summed E-state index contributed by atoms with van der Waals surface area (Å²) < 4.78 is 1.04. The number of aromatic nitrogens is 2. The van der Waals surface area contributed by atoms with E-state index in [0.29, 0.717) is 6.54 Å². The van der Waals surface area contributed by atoms with E-state index in [9.17, 15) is 0 Å². The molecule has 0 bridgehead atoms. The van der Waals surface area contributed by atoms with Crippen molar-refractivity contribution < 1.29 is 0 Å². The quantitative estimate of drug-likeness (QED) is 0.940. The second-order valence-electron chi connectivity index (χ2n) is 4.45. The Morgan fingerprint density at radius 3 is 2.63 bits per heavy atom. The van der Waals surface area contributed by atoms with Crippen LogP contribution in [0.3, 0.4) is 0 Å². The summed E-state index contributed by atoms with van der Waals surface area (Å²) in [5.41, 5.74) is 8.68. The number of hydrogen-bond acceptors (Lipinski definition) is 4. The highest BCUT2D eigenvalue weighted by Crippen LogP contribution is 2.25. The Bertz CT molecular complexity index is 554. The van der Waals surface area contributed by atoms with E-state index < -0.39 is 0 Å². The van der Waals surface area contributed by atoms with Crippen LogP contribution in [0.15, 0.2) is 34.8 Å². The molecule has 0 atom stereocenters. The number of likely N-dealkylation sites (N-methyl/N-ethyl adjacent to an activating group) is 1. The molecule has 0 aliphatic rings. The van der Waals surface area contributed by atoms with Crippen LogP contribution < -0.4 is 10.6 Å². The fraction of sp³-hybridized carbons (Fsp3) is 0.286. The molecular formula is C14H17BrN4. The standard InChI is InChI=1S/C14H17BrN4/c1-10-3-4-11(15)9-12(10)13-5-6-14(18-17-13)19(2)8-7-16/h3-6,9H,7-8,16H2,1-2H3. The molecular weight excluding hydrogens is 304 g/mol. The van der Waals surface area contributed by atoms with Crippen LogP contribution in [0.1, 0.15) is 5.56 Å². The SMILES string of the molecule is Cc1ccc(Br)cc1-c1ccc(N(C)CCN)nn1. The van der Waals surface area contributed by atoms with Gasteiger partial charge in [0.15, 0.2) is 5.82 Å². The summed E-state index contributed by atoms with van der Waals surface area (Å²) >= 11 is 3.48. The second-order valence-corrected chi connectivity index (χ2v) is 5.36. The predicted octanol–water partition coefficient (Wildman–Crippen LogP) is 2.61. The van der Waals surface area contributed by atoms with Gasteiger partial charge in [-0.1, -0.05) is 22.0 Å². The Morgan fingerprint density at radius 2 is 2.00 bits per heavy atom. The number of halogens is 1. The molecule has 0 amide bonds. The number of aryl methyl sites for hydroxylation is 1. The molecule has 2 aromatic rings. The molecule has 0 fully saturated rings. The molecule has 4 nitrogen and oxygen atoms in total. The average Bonchev–Trinajstić information content (AvgIpc) is 2.42. The lowest BCUT2D eigenvalue weighted by atomic mass is 10.1. The Morgan fingerprint density at radius 1 is 1.21 bits per heavy atom. The highest BCUT2D eigenvalue weighted by molar-refractivity contribution is 9.10. The van der Waals surface area contributed by atoms with Gasteiger partial charge in [-0.15, -0.1) is 10.2 Å². The Hall–Kier alpha value is -1.46. The molecule has 0 aliphatic carbocycles. The summed E-state index contributed by atoms with van der Waals surface area (Å²) in [5.74, 6) is 0.835.